The molecule has 0 saturated heterocycles. The first-order chi connectivity index (χ1) is 10.4. The van der Waals surface area contributed by atoms with Crippen molar-refractivity contribution < 1.29 is 4.79 Å². The lowest BCUT2D eigenvalue weighted by molar-refractivity contribution is -0.117. The van der Waals surface area contributed by atoms with Gasteiger partial charge in [-0.3, -0.25) is 4.79 Å². The van der Waals surface area contributed by atoms with Crippen LogP contribution in [0.3, 0.4) is 0 Å². The maximum atomic E-state index is 12.3. The van der Waals surface area contributed by atoms with E-state index in [0.29, 0.717) is 10.0 Å². The minimum Gasteiger partial charge on any atom is -0.326 e. The monoisotopic (exact) mass is 333 g/mol. The van der Waals surface area contributed by atoms with Crippen LogP contribution in [0.1, 0.15) is 29.0 Å². The number of carbonyl (C=O) groups excluding carboxylic acids is 1. The predicted octanol–water partition coefficient (Wildman–Crippen LogP) is 5.35. The van der Waals surface area contributed by atoms with Gasteiger partial charge in [-0.15, -0.1) is 0 Å². The molecule has 0 bridgehead atoms. The number of hydrogen-bond acceptors (Lipinski definition) is 1. The number of anilines is 1. The van der Waals surface area contributed by atoms with Crippen LogP contribution in [-0.4, -0.2) is 5.91 Å². The minimum atomic E-state index is -0.00357. The van der Waals surface area contributed by atoms with E-state index in [1.165, 1.54) is 11.1 Å². The molecule has 2 aromatic carbocycles. The quantitative estimate of drug-likeness (QED) is 0.805. The Bertz CT molecular complexity index is 722. The molecule has 3 rings (SSSR count). The second-order valence-electron chi connectivity index (χ2n) is 5.94. The highest BCUT2D eigenvalue weighted by Gasteiger charge is 2.44. The molecule has 1 amide bonds. The van der Waals surface area contributed by atoms with Gasteiger partial charge in [0.1, 0.15) is 0 Å². The Kier molecular flexibility index (Phi) is 4.16. The smallest absolute Gasteiger partial charge is 0.228 e. The van der Waals surface area contributed by atoms with E-state index in [1.807, 2.05) is 37.3 Å². The second-order valence-corrected chi connectivity index (χ2v) is 6.81. The van der Waals surface area contributed by atoms with Crippen molar-refractivity contribution in [3.63, 3.8) is 0 Å². The third kappa shape index (κ3) is 3.29. The van der Waals surface area contributed by atoms with E-state index in [4.69, 9.17) is 23.2 Å². The molecular formula is C18H17Cl2NO. The van der Waals surface area contributed by atoms with Crippen molar-refractivity contribution in [2.45, 2.75) is 26.2 Å². The first kappa shape index (κ1) is 15.4. The summed E-state index contributed by atoms with van der Waals surface area (Å²) in [6.07, 6.45) is 0.841. The third-order valence-corrected chi connectivity index (χ3v) is 4.65. The van der Waals surface area contributed by atoms with Gasteiger partial charge < -0.3 is 5.32 Å². The summed E-state index contributed by atoms with van der Waals surface area (Å²) in [6.45, 7) is 4.10. The molecule has 1 fully saturated rings. The molecule has 0 unspecified atom stereocenters. The lowest BCUT2D eigenvalue weighted by Crippen LogP contribution is -2.14. The summed E-state index contributed by atoms with van der Waals surface area (Å²) in [5, 5.41) is 4.22. The zero-order valence-corrected chi connectivity index (χ0v) is 14.0. The fourth-order valence-electron chi connectivity index (χ4n) is 2.70. The zero-order chi connectivity index (χ0) is 15.9. The summed E-state index contributed by atoms with van der Waals surface area (Å²) in [6, 6.07) is 11.4. The van der Waals surface area contributed by atoms with Crippen molar-refractivity contribution in [2.75, 3.05) is 5.32 Å². The number of amides is 1. The van der Waals surface area contributed by atoms with Gasteiger partial charge in [-0.2, -0.15) is 0 Å². The molecule has 0 aliphatic heterocycles. The van der Waals surface area contributed by atoms with Crippen molar-refractivity contribution in [2.24, 2.45) is 5.92 Å². The maximum Gasteiger partial charge on any atom is 0.228 e. The lowest BCUT2D eigenvalue weighted by Gasteiger charge is -2.08. The molecule has 2 atom stereocenters. The van der Waals surface area contributed by atoms with Gasteiger partial charge in [0.05, 0.1) is 0 Å². The van der Waals surface area contributed by atoms with E-state index in [9.17, 15) is 4.79 Å². The van der Waals surface area contributed by atoms with Crippen LogP contribution < -0.4 is 5.32 Å². The lowest BCUT2D eigenvalue weighted by atomic mass is 10.1. The molecule has 2 aromatic rings. The Labute approximate surface area is 140 Å². The highest BCUT2D eigenvalue weighted by molar-refractivity contribution is 6.34. The van der Waals surface area contributed by atoms with Gasteiger partial charge >= 0.3 is 0 Å². The Morgan fingerprint density at radius 3 is 2.36 bits per heavy atom. The van der Waals surface area contributed by atoms with Crippen LogP contribution in [0, 0.1) is 19.8 Å². The molecule has 2 nitrogen and oxygen atoms in total. The van der Waals surface area contributed by atoms with Gasteiger partial charge in [-0.1, -0.05) is 29.3 Å². The number of aryl methyl sites for hydroxylation is 2. The van der Waals surface area contributed by atoms with Crippen LogP contribution in [0.15, 0.2) is 36.4 Å². The average molecular weight is 334 g/mol. The van der Waals surface area contributed by atoms with Crippen LogP contribution >= 0.6 is 23.2 Å². The third-order valence-electron chi connectivity index (χ3n) is 4.21. The Morgan fingerprint density at radius 2 is 1.73 bits per heavy atom. The summed E-state index contributed by atoms with van der Waals surface area (Å²) in [7, 11) is 0. The topological polar surface area (TPSA) is 29.1 Å². The molecule has 0 aromatic heterocycles. The molecule has 0 spiro atoms. The Morgan fingerprint density at radius 1 is 1.05 bits per heavy atom. The van der Waals surface area contributed by atoms with E-state index in [0.717, 1.165) is 17.7 Å². The van der Waals surface area contributed by atoms with Gasteiger partial charge in [0.2, 0.25) is 5.91 Å². The highest BCUT2D eigenvalue weighted by atomic mass is 35.5. The zero-order valence-electron chi connectivity index (χ0n) is 12.5. The van der Waals surface area contributed by atoms with E-state index in [1.54, 1.807) is 6.07 Å². The first-order valence-electron chi connectivity index (χ1n) is 7.28. The average Bonchev–Trinajstić information content (AvgIpc) is 3.22. The van der Waals surface area contributed by atoms with Crippen molar-refractivity contribution in [3.05, 3.63) is 63.1 Å². The number of rotatable bonds is 3. The molecule has 1 aliphatic carbocycles. The summed E-state index contributed by atoms with van der Waals surface area (Å²) >= 11 is 12.1. The standard InChI is InChI=1S/C18H17Cl2NO/c1-10-3-4-15(5-11(10)2)21-18(22)17-9-16(17)12-6-13(19)8-14(20)7-12/h3-8,16-17H,9H2,1-2H3,(H,21,22)/t16-,17-/m1/s1. The molecule has 114 valence electrons. The summed E-state index contributed by atoms with van der Waals surface area (Å²) in [5.74, 6) is 0.267. The molecule has 0 radical (unpaired) electrons. The van der Waals surface area contributed by atoms with Gasteiger partial charge in [0.15, 0.2) is 0 Å². The molecule has 4 heteroatoms. The largest absolute Gasteiger partial charge is 0.326 e. The van der Waals surface area contributed by atoms with Crippen LogP contribution in [0.25, 0.3) is 0 Å². The molecule has 1 N–H and O–H groups in total. The molecule has 1 aliphatic rings. The second kappa shape index (κ2) is 5.94. The molecular weight excluding hydrogens is 317 g/mol. The summed E-state index contributed by atoms with van der Waals surface area (Å²) in [4.78, 5) is 12.3. The number of halogens is 2. The van der Waals surface area contributed by atoms with Crippen molar-refractivity contribution in [1.82, 2.24) is 0 Å². The van der Waals surface area contributed by atoms with E-state index >= 15 is 0 Å². The first-order valence-corrected chi connectivity index (χ1v) is 8.04. The molecule has 22 heavy (non-hydrogen) atoms. The maximum absolute atomic E-state index is 12.3. The van der Waals surface area contributed by atoms with Gasteiger partial charge in [-0.25, -0.2) is 0 Å². The molecule has 1 saturated carbocycles. The van der Waals surface area contributed by atoms with Gasteiger partial charge in [0, 0.05) is 21.7 Å². The fraction of sp³-hybridized carbons (Fsp3) is 0.278. The summed E-state index contributed by atoms with van der Waals surface area (Å²) in [5.41, 5.74) is 4.28. The SMILES string of the molecule is Cc1ccc(NC(=O)[C@@H]2C[C@@H]2c2cc(Cl)cc(Cl)c2)cc1C. The van der Waals surface area contributed by atoms with Crippen LogP contribution in [-0.2, 0) is 4.79 Å². The highest BCUT2D eigenvalue weighted by Crippen LogP contribution is 2.49. The van der Waals surface area contributed by atoms with Crippen molar-refractivity contribution in [1.29, 1.82) is 0 Å². The Balaban J connectivity index is 1.68. The van der Waals surface area contributed by atoms with E-state index in [2.05, 4.69) is 12.2 Å². The summed E-state index contributed by atoms with van der Waals surface area (Å²) < 4.78 is 0. The van der Waals surface area contributed by atoms with Crippen LogP contribution in [0.5, 0.6) is 0 Å². The van der Waals surface area contributed by atoms with E-state index < -0.39 is 0 Å². The van der Waals surface area contributed by atoms with E-state index in [-0.39, 0.29) is 17.7 Å². The van der Waals surface area contributed by atoms with Gasteiger partial charge in [0.25, 0.3) is 0 Å². The number of hydrogen-bond donors (Lipinski definition) is 1. The number of carbonyl (C=O) groups is 1. The van der Waals surface area contributed by atoms with Crippen LogP contribution in [0.4, 0.5) is 5.69 Å². The van der Waals surface area contributed by atoms with Gasteiger partial charge in [-0.05, 0) is 73.2 Å². The van der Waals surface area contributed by atoms with Crippen molar-refractivity contribution >= 4 is 34.8 Å². The molecule has 0 heterocycles. The minimum absolute atomic E-state index is 0.00357. The number of nitrogens with one attached hydrogen (secondary N) is 1. The Hall–Kier alpha value is -1.51. The van der Waals surface area contributed by atoms with Crippen LogP contribution in [0.2, 0.25) is 10.0 Å². The fourth-order valence-corrected chi connectivity index (χ4v) is 3.24. The normalized spacial score (nSPS) is 19.8. The van der Waals surface area contributed by atoms with Crippen molar-refractivity contribution in [3.8, 4) is 0 Å². The number of benzene rings is 2. The predicted molar refractivity (Wildman–Crippen MR) is 91.9 cm³/mol.